The molecule has 1 saturated heterocycles. The quantitative estimate of drug-likeness (QED) is 0.0198. The van der Waals surface area contributed by atoms with Crippen LogP contribution in [-0.4, -0.2) is 96.0 Å². The maximum Gasteiger partial charge on any atom is 0.306 e. The van der Waals surface area contributed by atoms with E-state index in [1.807, 2.05) is 0 Å². The number of carbonyl (C=O) groups excluding carboxylic acids is 2. The summed E-state index contributed by atoms with van der Waals surface area (Å²) in [7, 11) is -4.61. The van der Waals surface area contributed by atoms with Gasteiger partial charge in [0, 0.05) is 12.8 Å². The van der Waals surface area contributed by atoms with Crippen molar-refractivity contribution in [1.29, 1.82) is 0 Å². The first-order chi connectivity index (χ1) is 29.5. The third-order valence-electron chi connectivity index (χ3n) is 10.6. The summed E-state index contributed by atoms with van der Waals surface area (Å²) in [4.78, 5) is 25.4. The summed E-state index contributed by atoms with van der Waals surface area (Å²) in [5.74, 6) is -2.01. The minimum atomic E-state index is -4.61. The Labute approximate surface area is 369 Å². The smallest absolute Gasteiger partial charge is 0.306 e. The van der Waals surface area contributed by atoms with Crippen LogP contribution in [0.3, 0.4) is 0 Å². The Bertz CT molecular complexity index is 1310. The molecule has 61 heavy (non-hydrogen) atoms. The lowest BCUT2D eigenvalue weighted by Gasteiger charge is -2.40. The Morgan fingerprint density at radius 2 is 0.984 bits per heavy atom. The minimum absolute atomic E-state index is 0.151. The highest BCUT2D eigenvalue weighted by molar-refractivity contribution is 7.85. The molecule has 6 atom stereocenters. The van der Waals surface area contributed by atoms with Gasteiger partial charge in [-0.05, 0) is 77.0 Å². The monoisotopic (exact) mass is 885 g/mol. The van der Waals surface area contributed by atoms with Gasteiger partial charge in [0.05, 0.1) is 6.61 Å². The maximum absolute atomic E-state index is 12.8. The lowest BCUT2D eigenvalue weighted by atomic mass is 10.00. The molecule has 1 aliphatic heterocycles. The molecule has 6 unspecified atom stereocenters. The summed E-state index contributed by atoms with van der Waals surface area (Å²) in [6.45, 7) is 3.70. The molecule has 354 valence electrons. The number of unbranched alkanes of at least 4 members (excludes halogenated alkanes) is 19. The summed E-state index contributed by atoms with van der Waals surface area (Å²) in [5, 5.41) is 30.9. The van der Waals surface area contributed by atoms with Gasteiger partial charge in [0.2, 0.25) is 0 Å². The Hall–Kier alpha value is -2.39. The number of carbonyl (C=O) groups is 2. The minimum Gasteiger partial charge on any atom is -0.462 e. The van der Waals surface area contributed by atoms with Crippen molar-refractivity contribution in [2.75, 3.05) is 19.0 Å². The normalized spacial score (nSPS) is 20.4. The molecule has 1 heterocycles. The molecule has 1 rings (SSSR count). The van der Waals surface area contributed by atoms with E-state index in [1.165, 1.54) is 57.8 Å². The number of hydrogen-bond donors (Lipinski definition) is 4. The molecule has 0 amide bonds. The van der Waals surface area contributed by atoms with E-state index in [2.05, 4.69) is 62.5 Å². The lowest BCUT2D eigenvalue weighted by molar-refractivity contribution is -0.297. The van der Waals surface area contributed by atoms with Crippen molar-refractivity contribution in [1.82, 2.24) is 0 Å². The number of aliphatic hydroxyl groups excluding tert-OH is 3. The summed E-state index contributed by atoms with van der Waals surface area (Å²) >= 11 is 0. The predicted octanol–water partition coefficient (Wildman–Crippen LogP) is 9.95. The molecule has 0 aromatic carbocycles. The second-order valence-electron chi connectivity index (χ2n) is 16.4. The number of aliphatic hydroxyl groups is 3. The van der Waals surface area contributed by atoms with Crippen molar-refractivity contribution < 1.29 is 56.8 Å². The van der Waals surface area contributed by atoms with E-state index in [-0.39, 0.29) is 19.4 Å². The van der Waals surface area contributed by atoms with E-state index < -0.39 is 71.2 Å². The standard InChI is InChI=1S/C48H84O12S/c1-3-5-7-9-11-13-15-17-19-21-23-25-27-29-31-33-35-37-44(50)59-41(39-58-48-47(53)46(52)45(51)42(60-48)40-61(54,55)56)38-57-43(49)36-34-32-30-28-26-24-22-20-18-16-14-12-10-8-6-4-2/h11,13-14,16-17,19-20,22,41-42,45-48,51-53H,3-10,12,15,18,21,23-40H2,1-2H3,(H,54,55,56)/b13-11-,16-14-,19-17-,22-20-. The molecule has 0 aromatic rings. The second kappa shape index (κ2) is 38.1. The van der Waals surface area contributed by atoms with Crippen LogP contribution in [0.5, 0.6) is 0 Å². The largest absolute Gasteiger partial charge is 0.462 e. The Morgan fingerprint density at radius 1 is 0.557 bits per heavy atom. The molecule has 0 aliphatic carbocycles. The highest BCUT2D eigenvalue weighted by atomic mass is 32.2. The van der Waals surface area contributed by atoms with Crippen molar-refractivity contribution in [3.8, 4) is 0 Å². The highest BCUT2D eigenvalue weighted by Gasteiger charge is 2.46. The number of allylic oxidation sites excluding steroid dienone is 8. The van der Waals surface area contributed by atoms with Crippen LogP contribution in [0.25, 0.3) is 0 Å². The first-order valence-electron chi connectivity index (χ1n) is 23.7. The van der Waals surface area contributed by atoms with Gasteiger partial charge in [-0.15, -0.1) is 0 Å². The van der Waals surface area contributed by atoms with Crippen molar-refractivity contribution in [3.05, 3.63) is 48.6 Å². The Kier molecular flexibility index (Phi) is 35.4. The van der Waals surface area contributed by atoms with Gasteiger partial charge in [-0.25, -0.2) is 0 Å². The van der Waals surface area contributed by atoms with Crippen molar-refractivity contribution in [3.63, 3.8) is 0 Å². The fourth-order valence-electron chi connectivity index (χ4n) is 6.91. The molecule has 0 aromatic heterocycles. The van der Waals surface area contributed by atoms with Crippen LogP contribution in [-0.2, 0) is 38.7 Å². The number of ether oxygens (including phenoxy) is 4. The summed E-state index contributed by atoms with van der Waals surface area (Å²) in [5.41, 5.74) is 0. The van der Waals surface area contributed by atoms with E-state index >= 15 is 0 Å². The highest BCUT2D eigenvalue weighted by Crippen LogP contribution is 2.24. The molecular formula is C48H84O12S. The SMILES string of the molecule is CCCCC/C=C\C/C=C\CCCCCCCCCC(=O)OC(COC(=O)CCCCCCC/C=C\C/C=C\CCCCCC)COC1OC(CS(=O)(=O)O)C(O)C(O)C1O. The topological polar surface area (TPSA) is 186 Å². The van der Waals surface area contributed by atoms with Crippen molar-refractivity contribution in [2.24, 2.45) is 0 Å². The zero-order chi connectivity index (χ0) is 44.8. The maximum atomic E-state index is 12.8. The molecule has 13 heteroatoms. The fourth-order valence-corrected chi connectivity index (χ4v) is 7.60. The van der Waals surface area contributed by atoms with Crippen LogP contribution in [0.4, 0.5) is 0 Å². The van der Waals surface area contributed by atoms with Gasteiger partial charge in [0.1, 0.15) is 36.8 Å². The average molecular weight is 885 g/mol. The fraction of sp³-hybridized carbons (Fsp3) is 0.792. The molecule has 0 saturated carbocycles. The zero-order valence-corrected chi connectivity index (χ0v) is 38.6. The Morgan fingerprint density at radius 3 is 1.48 bits per heavy atom. The van der Waals surface area contributed by atoms with E-state index in [1.54, 1.807) is 0 Å². The summed E-state index contributed by atoms with van der Waals surface area (Å²) in [6, 6.07) is 0. The van der Waals surface area contributed by atoms with Gasteiger partial charge in [0.25, 0.3) is 10.1 Å². The third-order valence-corrected chi connectivity index (χ3v) is 11.4. The van der Waals surface area contributed by atoms with E-state index in [4.69, 9.17) is 18.9 Å². The van der Waals surface area contributed by atoms with Gasteiger partial charge in [-0.2, -0.15) is 8.42 Å². The van der Waals surface area contributed by atoms with Crippen LogP contribution >= 0.6 is 0 Å². The molecule has 12 nitrogen and oxygen atoms in total. The van der Waals surface area contributed by atoms with Crippen LogP contribution in [0.1, 0.15) is 187 Å². The van der Waals surface area contributed by atoms with Gasteiger partial charge in [-0.1, -0.05) is 146 Å². The van der Waals surface area contributed by atoms with Gasteiger partial charge >= 0.3 is 11.9 Å². The van der Waals surface area contributed by atoms with Crippen LogP contribution in [0.2, 0.25) is 0 Å². The van der Waals surface area contributed by atoms with Crippen LogP contribution in [0, 0.1) is 0 Å². The van der Waals surface area contributed by atoms with E-state index in [9.17, 15) is 37.9 Å². The summed E-state index contributed by atoms with van der Waals surface area (Å²) in [6.07, 6.45) is 35.7. The molecule has 0 spiro atoms. The van der Waals surface area contributed by atoms with Crippen molar-refractivity contribution in [2.45, 2.75) is 224 Å². The van der Waals surface area contributed by atoms with Crippen molar-refractivity contribution >= 4 is 22.1 Å². The number of hydrogen-bond acceptors (Lipinski definition) is 11. The molecule has 4 N–H and O–H groups in total. The molecule has 1 aliphatic rings. The molecule has 0 radical (unpaired) electrons. The second-order valence-corrected chi connectivity index (χ2v) is 17.9. The van der Waals surface area contributed by atoms with E-state index in [0.717, 1.165) is 89.9 Å². The van der Waals surface area contributed by atoms with Gasteiger partial charge in [-0.3, -0.25) is 14.1 Å². The molecule has 0 bridgehead atoms. The Balaban J connectivity index is 2.44. The number of esters is 2. The first-order valence-corrected chi connectivity index (χ1v) is 25.3. The first kappa shape index (κ1) is 56.6. The zero-order valence-electron chi connectivity index (χ0n) is 37.8. The van der Waals surface area contributed by atoms with Crippen LogP contribution < -0.4 is 0 Å². The molecule has 1 fully saturated rings. The predicted molar refractivity (Wildman–Crippen MR) is 242 cm³/mol. The van der Waals surface area contributed by atoms with Crippen LogP contribution in [0.15, 0.2) is 48.6 Å². The van der Waals surface area contributed by atoms with Gasteiger partial charge < -0.3 is 34.3 Å². The van der Waals surface area contributed by atoms with Gasteiger partial charge in [0.15, 0.2) is 12.4 Å². The molecular weight excluding hydrogens is 801 g/mol. The third kappa shape index (κ3) is 32.9. The van der Waals surface area contributed by atoms with E-state index in [0.29, 0.717) is 12.8 Å². The average Bonchev–Trinajstić information content (AvgIpc) is 3.22. The summed E-state index contributed by atoms with van der Waals surface area (Å²) < 4.78 is 54.1. The lowest BCUT2D eigenvalue weighted by Crippen LogP contribution is -2.60. The number of rotatable bonds is 39.